The third kappa shape index (κ3) is 2.20. The first-order chi connectivity index (χ1) is 10.4. The maximum absolute atomic E-state index is 4.34. The zero-order chi connectivity index (χ0) is 14.1. The summed E-state index contributed by atoms with van der Waals surface area (Å²) in [6.07, 6.45) is 0. The molecule has 4 aromatic rings. The van der Waals surface area contributed by atoms with Crippen molar-refractivity contribution in [2.45, 2.75) is 0 Å². The van der Waals surface area contributed by atoms with Gasteiger partial charge < -0.3 is 9.97 Å². The molecule has 7 nitrogen and oxygen atoms in total. The molecule has 3 N–H and O–H groups in total. The summed E-state index contributed by atoms with van der Waals surface area (Å²) in [5.74, 6) is 0.982. The molecule has 0 aliphatic carbocycles. The third-order valence-corrected chi connectivity index (χ3v) is 3.07. The van der Waals surface area contributed by atoms with Crippen molar-refractivity contribution in [3.8, 4) is 0 Å². The first-order valence-corrected chi connectivity index (χ1v) is 6.45. The highest BCUT2D eigenvalue weighted by Crippen LogP contribution is 2.16. The summed E-state index contributed by atoms with van der Waals surface area (Å²) >= 11 is 0. The Balaban J connectivity index is 1.55. The minimum absolute atomic E-state index is 0.444. The Kier molecular flexibility index (Phi) is 2.60. The van der Waals surface area contributed by atoms with Crippen molar-refractivity contribution < 1.29 is 0 Å². The first-order valence-electron chi connectivity index (χ1n) is 6.45. The number of nitrogens with one attached hydrogen (secondary N) is 3. The Labute approximate surface area is 119 Å². The van der Waals surface area contributed by atoms with Crippen LogP contribution in [0.4, 0.5) is 11.9 Å². The fourth-order valence-corrected chi connectivity index (χ4v) is 2.11. The van der Waals surface area contributed by atoms with Crippen molar-refractivity contribution in [1.29, 1.82) is 0 Å². The summed E-state index contributed by atoms with van der Waals surface area (Å²) in [6, 6.07) is 15.5. The Morgan fingerprint density at radius 2 is 1.48 bits per heavy atom. The number of fused-ring (bicyclic) bond motifs is 2. The van der Waals surface area contributed by atoms with Gasteiger partial charge in [0.25, 0.3) is 0 Å². The van der Waals surface area contributed by atoms with Crippen LogP contribution in [-0.4, -0.2) is 19.9 Å². The number of aromatic nitrogens is 4. The number of hydrogen-bond acceptors (Lipinski definition) is 4. The van der Waals surface area contributed by atoms with Crippen LogP contribution in [0.2, 0.25) is 0 Å². The molecule has 0 unspecified atom stereocenters. The van der Waals surface area contributed by atoms with E-state index in [2.05, 4.69) is 35.7 Å². The van der Waals surface area contributed by atoms with Crippen LogP contribution in [0.1, 0.15) is 0 Å². The van der Waals surface area contributed by atoms with Crippen LogP contribution in [0.3, 0.4) is 0 Å². The number of para-hydroxylation sites is 4. The van der Waals surface area contributed by atoms with Crippen molar-refractivity contribution in [3.05, 3.63) is 48.5 Å². The van der Waals surface area contributed by atoms with Gasteiger partial charge in [-0.15, -0.1) is 0 Å². The second kappa shape index (κ2) is 4.71. The van der Waals surface area contributed by atoms with Gasteiger partial charge in [-0.05, 0) is 24.3 Å². The van der Waals surface area contributed by atoms with Crippen molar-refractivity contribution in [2.24, 2.45) is 10.3 Å². The SMILES string of the molecule is c1ccc2[nH]c(N=NNc3nc4ccccc4[nH]3)nc2c1. The van der Waals surface area contributed by atoms with E-state index in [1.807, 2.05) is 48.5 Å². The van der Waals surface area contributed by atoms with E-state index < -0.39 is 0 Å². The van der Waals surface area contributed by atoms with Gasteiger partial charge in [-0.3, -0.25) is 0 Å². The number of nitrogens with zero attached hydrogens (tertiary/aromatic N) is 4. The molecule has 0 aliphatic rings. The van der Waals surface area contributed by atoms with E-state index in [9.17, 15) is 0 Å². The quantitative estimate of drug-likeness (QED) is 0.395. The van der Waals surface area contributed by atoms with Crippen molar-refractivity contribution in [3.63, 3.8) is 0 Å². The number of anilines is 1. The monoisotopic (exact) mass is 277 g/mol. The summed E-state index contributed by atoms with van der Waals surface area (Å²) in [6.45, 7) is 0. The van der Waals surface area contributed by atoms with Crippen LogP contribution < -0.4 is 5.43 Å². The molecule has 102 valence electrons. The molecule has 0 spiro atoms. The highest BCUT2D eigenvalue weighted by atomic mass is 15.5. The molecule has 7 heteroatoms. The predicted molar refractivity (Wildman–Crippen MR) is 80.3 cm³/mol. The lowest BCUT2D eigenvalue weighted by Crippen LogP contribution is -1.88. The second-order valence-electron chi connectivity index (χ2n) is 4.49. The number of hydrogen-bond donors (Lipinski definition) is 3. The smallest absolute Gasteiger partial charge is 0.249 e. The zero-order valence-electron chi connectivity index (χ0n) is 10.9. The molecular weight excluding hydrogens is 266 g/mol. The van der Waals surface area contributed by atoms with Gasteiger partial charge in [0.2, 0.25) is 11.9 Å². The van der Waals surface area contributed by atoms with Crippen molar-refractivity contribution in [1.82, 2.24) is 19.9 Å². The molecule has 0 bridgehead atoms. The summed E-state index contributed by atoms with van der Waals surface area (Å²) < 4.78 is 0. The van der Waals surface area contributed by atoms with Gasteiger partial charge in [0.05, 0.1) is 22.1 Å². The van der Waals surface area contributed by atoms with Crippen LogP contribution in [0.25, 0.3) is 22.1 Å². The van der Waals surface area contributed by atoms with E-state index >= 15 is 0 Å². The normalized spacial score (nSPS) is 11.6. The lowest BCUT2D eigenvalue weighted by molar-refractivity contribution is 1.05. The molecule has 2 heterocycles. The summed E-state index contributed by atoms with van der Waals surface area (Å²) in [5.41, 5.74) is 6.36. The molecule has 2 aromatic heterocycles. The van der Waals surface area contributed by atoms with Gasteiger partial charge in [-0.1, -0.05) is 34.6 Å². The molecule has 4 rings (SSSR count). The molecule has 0 aliphatic heterocycles. The maximum Gasteiger partial charge on any atom is 0.249 e. The van der Waals surface area contributed by atoms with Gasteiger partial charge in [-0.2, -0.15) is 0 Å². The van der Waals surface area contributed by atoms with E-state index in [4.69, 9.17) is 0 Å². The highest BCUT2D eigenvalue weighted by Gasteiger charge is 2.01. The van der Waals surface area contributed by atoms with Crippen molar-refractivity contribution >= 4 is 34.0 Å². The Bertz CT molecular complexity index is 868. The zero-order valence-corrected chi connectivity index (χ0v) is 10.9. The van der Waals surface area contributed by atoms with E-state index in [0.29, 0.717) is 11.9 Å². The number of benzene rings is 2. The predicted octanol–water partition coefficient (Wildman–Crippen LogP) is 3.55. The molecule has 2 aromatic carbocycles. The first kappa shape index (κ1) is 11.6. The Morgan fingerprint density at radius 1 is 0.810 bits per heavy atom. The van der Waals surface area contributed by atoms with E-state index in [1.54, 1.807) is 0 Å². The topological polar surface area (TPSA) is 94.1 Å². The number of aromatic amines is 2. The fourth-order valence-electron chi connectivity index (χ4n) is 2.11. The highest BCUT2D eigenvalue weighted by molar-refractivity contribution is 5.77. The Hall–Kier alpha value is -3.22. The van der Waals surface area contributed by atoms with Crippen LogP contribution in [-0.2, 0) is 0 Å². The van der Waals surface area contributed by atoms with Crippen LogP contribution in [0.5, 0.6) is 0 Å². The molecular formula is C14H11N7. The van der Waals surface area contributed by atoms with Crippen LogP contribution in [0, 0.1) is 0 Å². The van der Waals surface area contributed by atoms with Crippen molar-refractivity contribution in [2.75, 3.05) is 5.43 Å². The average Bonchev–Trinajstić information content (AvgIpc) is 3.09. The van der Waals surface area contributed by atoms with Crippen LogP contribution >= 0.6 is 0 Å². The summed E-state index contributed by atoms with van der Waals surface area (Å²) in [4.78, 5) is 14.8. The summed E-state index contributed by atoms with van der Waals surface area (Å²) in [5, 5.41) is 7.89. The third-order valence-electron chi connectivity index (χ3n) is 3.07. The maximum atomic E-state index is 4.34. The minimum atomic E-state index is 0.444. The molecule has 0 radical (unpaired) electrons. The van der Waals surface area contributed by atoms with E-state index in [-0.39, 0.29) is 0 Å². The Morgan fingerprint density at radius 3 is 2.19 bits per heavy atom. The number of rotatable bonds is 3. The standard InChI is InChI=1S/C14H11N7/c1-2-6-10-9(5-1)15-13(16-10)19-21-20-14-17-11-7-3-4-8-12(11)18-14/h1-8H,(H3,15,16,17,18,19,20). The van der Waals surface area contributed by atoms with Crippen LogP contribution in [0.15, 0.2) is 58.9 Å². The number of H-pyrrole nitrogens is 2. The van der Waals surface area contributed by atoms with E-state index in [0.717, 1.165) is 22.1 Å². The largest absolute Gasteiger partial charge is 0.323 e. The van der Waals surface area contributed by atoms with E-state index in [1.165, 1.54) is 0 Å². The minimum Gasteiger partial charge on any atom is -0.323 e. The van der Waals surface area contributed by atoms with Gasteiger partial charge in [0, 0.05) is 0 Å². The molecule has 0 saturated heterocycles. The summed E-state index contributed by atoms with van der Waals surface area (Å²) in [7, 11) is 0. The van der Waals surface area contributed by atoms with Gasteiger partial charge in [0.15, 0.2) is 0 Å². The second-order valence-corrected chi connectivity index (χ2v) is 4.49. The molecule has 0 fully saturated rings. The molecule has 21 heavy (non-hydrogen) atoms. The molecule has 0 amide bonds. The van der Waals surface area contributed by atoms with Gasteiger partial charge in [0.1, 0.15) is 0 Å². The fraction of sp³-hybridized carbons (Fsp3) is 0. The number of imidazole rings is 2. The lowest BCUT2D eigenvalue weighted by atomic mass is 10.3. The lowest BCUT2D eigenvalue weighted by Gasteiger charge is -1.89. The van der Waals surface area contributed by atoms with Gasteiger partial charge >= 0.3 is 0 Å². The average molecular weight is 277 g/mol. The molecule has 0 atom stereocenters. The van der Waals surface area contributed by atoms with Gasteiger partial charge in [-0.25, -0.2) is 15.4 Å². The molecule has 0 saturated carbocycles.